The Morgan fingerprint density at radius 2 is 1.68 bits per heavy atom. The predicted molar refractivity (Wildman–Crippen MR) is 161 cm³/mol. The van der Waals surface area contributed by atoms with Crippen LogP contribution in [0.4, 0.5) is 0 Å². The highest BCUT2D eigenvalue weighted by Crippen LogP contribution is 2.43. The van der Waals surface area contributed by atoms with Crippen molar-refractivity contribution >= 4 is 11.8 Å². The van der Waals surface area contributed by atoms with E-state index in [1.165, 1.54) is 0 Å². The van der Waals surface area contributed by atoms with Crippen LogP contribution in [0.5, 0.6) is 5.75 Å². The molecule has 0 aromatic heterocycles. The highest BCUT2D eigenvalue weighted by Gasteiger charge is 2.52. The molecule has 0 radical (unpaired) electrons. The average Bonchev–Trinajstić information content (AvgIpc) is 3.34. The Kier molecular flexibility index (Phi) is 9.43. The number of carbonyl (C=O) groups is 1. The van der Waals surface area contributed by atoms with E-state index in [-0.39, 0.29) is 17.9 Å². The smallest absolute Gasteiger partial charge is 0.252 e. The quantitative estimate of drug-likeness (QED) is 0.203. The summed E-state index contributed by atoms with van der Waals surface area (Å²) in [6.45, 7) is 11.5. The Morgan fingerprint density at radius 3 is 2.30 bits per heavy atom. The SMILES string of the molecule is C=CC[C@@]1(C(=O)NCCC(C)(C)C)N=C(c2ccc(OCCCO)cc2)O[C@@H]1c1ccc(-c2ccccc2)cc1. The van der Waals surface area contributed by atoms with Gasteiger partial charge >= 0.3 is 0 Å². The molecule has 1 aliphatic heterocycles. The van der Waals surface area contributed by atoms with E-state index in [4.69, 9.17) is 19.6 Å². The van der Waals surface area contributed by atoms with Gasteiger partial charge in [-0.2, -0.15) is 0 Å². The van der Waals surface area contributed by atoms with Gasteiger partial charge in [-0.1, -0.05) is 81.4 Å². The highest BCUT2D eigenvalue weighted by molar-refractivity contribution is 6.01. The monoisotopic (exact) mass is 540 g/mol. The summed E-state index contributed by atoms with van der Waals surface area (Å²) in [5, 5.41) is 12.1. The van der Waals surface area contributed by atoms with E-state index < -0.39 is 11.6 Å². The van der Waals surface area contributed by atoms with E-state index in [9.17, 15) is 4.79 Å². The number of aliphatic imine (C=N–C) groups is 1. The first-order valence-corrected chi connectivity index (χ1v) is 13.9. The van der Waals surface area contributed by atoms with Crippen LogP contribution in [0.15, 0.2) is 96.5 Å². The normalized spacial score (nSPS) is 18.5. The van der Waals surface area contributed by atoms with Crippen LogP contribution >= 0.6 is 0 Å². The minimum Gasteiger partial charge on any atom is -0.494 e. The molecule has 0 fully saturated rings. The molecule has 0 aliphatic carbocycles. The van der Waals surface area contributed by atoms with Crippen molar-refractivity contribution in [3.63, 3.8) is 0 Å². The van der Waals surface area contributed by atoms with Crippen LogP contribution < -0.4 is 10.1 Å². The fourth-order valence-corrected chi connectivity index (χ4v) is 4.72. The van der Waals surface area contributed by atoms with E-state index in [0.29, 0.717) is 37.6 Å². The lowest BCUT2D eigenvalue weighted by Gasteiger charge is -2.30. The zero-order valence-corrected chi connectivity index (χ0v) is 23.7. The number of benzene rings is 3. The standard InChI is InChI=1S/C34H40N2O4/c1-5-20-34(32(38)35-22-21-33(2,3)4)30(27-14-12-26(13-15-27)25-10-7-6-8-11-25)40-31(36-34)28-16-18-29(19-17-28)39-24-9-23-37/h5-8,10-19,30,37H,1,9,20-24H2,2-4H3,(H,35,38)/t30-,34-/m1/s1. The number of hydrogen-bond acceptors (Lipinski definition) is 5. The van der Waals surface area contributed by atoms with Crippen molar-refractivity contribution in [2.24, 2.45) is 10.4 Å². The van der Waals surface area contributed by atoms with Crippen LogP contribution in [0, 0.1) is 5.41 Å². The van der Waals surface area contributed by atoms with Gasteiger partial charge in [0.15, 0.2) is 11.6 Å². The van der Waals surface area contributed by atoms with Gasteiger partial charge in [0.2, 0.25) is 5.90 Å². The number of carbonyl (C=O) groups excluding carboxylic acids is 1. The van der Waals surface area contributed by atoms with Crippen molar-refractivity contribution < 1.29 is 19.4 Å². The molecule has 2 N–H and O–H groups in total. The largest absolute Gasteiger partial charge is 0.494 e. The summed E-state index contributed by atoms with van der Waals surface area (Å²) in [5.74, 6) is 0.931. The van der Waals surface area contributed by atoms with Gasteiger partial charge < -0.3 is 19.9 Å². The second-order valence-electron chi connectivity index (χ2n) is 11.3. The van der Waals surface area contributed by atoms with E-state index in [1.54, 1.807) is 6.08 Å². The van der Waals surface area contributed by atoms with Crippen molar-refractivity contribution in [3.05, 3.63) is 103 Å². The first kappa shape index (κ1) is 29.1. The Hall–Kier alpha value is -3.90. The number of nitrogens with zero attached hydrogens (tertiary/aromatic N) is 1. The van der Waals surface area contributed by atoms with Crippen molar-refractivity contribution in [3.8, 4) is 16.9 Å². The van der Waals surface area contributed by atoms with Gasteiger partial charge in [0.05, 0.1) is 6.61 Å². The molecule has 3 aromatic carbocycles. The Bertz CT molecular complexity index is 1290. The molecule has 0 bridgehead atoms. The van der Waals surface area contributed by atoms with Gasteiger partial charge in [0, 0.05) is 31.6 Å². The maximum Gasteiger partial charge on any atom is 0.252 e. The third kappa shape index (κ3) is 6.99. The van der Waals surface area contributed by atoms with Crippen LogP contribution in [0.25, 0.3) is 11.1 Å². The summed E-state index contributed by atoms with van der Waals surface area (Å²) in [6, 6.07) is 25.8. The van der Waals surface area contributed by atoms with Gasteiger partial charge in [-0.15, -0.1) is 6.58 Å². The van der Waals surface area contributed by atoms with Crippen LogP contribution in [-0.4, -0.2) is 42.2 Å². The van der Waals surface area contributed by atoms with Crippen LogP contribution in [0.2, 0.25) is 0 Å². The van der Waals surface area contributed by atoms with Crippen LogP contribution in [0.3, 0.4) is 0 Å². The highest BCUT2D eigenvalue weighted by atomic mass is 16.5. The summed E-state index contributed by atoms with van der Waals surface area (Å²) in [6.07, 6.45) is 2.85. The van der Waals surface area contributed by atoms with Crippen molar-refractivity contribution in [1.82, 2.24) is 5.32 Å². The number of ether oxygens (including phenoxy) is 2. The molecule has 6 heteroatoms. The summed E-state index contributed by atoms with van der Waals surface area (Å²) in [4.78, 5) is 18.9. The molecule has 3 aromatic rings. The number of aliphatic hydroxyl groups excluding tert-OH is 1. The number of nitrogens with one attached hydrogen (secondary N) is 1. The van der Waals surface area contributed by atoms with E-state index in [0.717, 1.165) is 28.7 Å². The lowest BCUT2D eigenvalue weighted by atomic mass is 9.83. The lowest BCUT2D eigenvalue weighted by molar-refractivity contribution is -0.128. The zero-order valence-electron chi connectivity index (χ0n) is 23.7. The Balaban J connectivity index is 1.66. The summed E-state index contributed by atoms with van der Waals surface area (Å²) < 4.78 is 12.2. The van der Waals surface area contributed by atoms with Crippen LogP contribution in [0.1, 0.15) is 57.3 Å². The van der Waals surface area contributed by atoms with Crippen molar-refractivity contribution in [1.29, 1.82) is 0 Å². The molecule has 1 aliphatic rings. The molecule has 1 heterocycles. The second kappa shape index (κ2) is 13.0. The minimum atomic E-state index is -1.19. The first-order valence-electron chi connectivity index (χ1n) is 13.9. The number of aliphatic hydroxyl groups is 1. The summed E-state index contributed by atoms with van der Waals surface area (Å²) in [5.41, 5.74) is 2.73. The fraction of sp³-hybridized carbons (Fsp3) is 0.353. The molecule has 40 heavy (non-hydrogen) atoms. The average molecular weight is 541 g/mol. The van der Waals surface area contributed by atoms with Gasteiger partial charge in [-0.05, 0) is 52.8 Å². The van der Waals surface area contributed by atoms with Gasteiger partial charge in [-0.3, -0.25) is 4.79 Å². The second-order valence-corrected chi connectivity index (χ2v) is 11.3. The van der Waals surface area contributed by atoms with E-state index in [1.807, 2.05) is 54.6 Å². The topological polar surface area (TPSA) is 80.2 Å². The molecule has 6 nitrogen and oxygen atoms in total. The van der Waals surface area contributed by atoms with E-state index >= 15 is 0 Å². The molecular weight excluding hydrogens is 500 g/mol. The third-order valence-electron chi connectivity index (χ3n) is 6.97. The fourth-order valence-electron chi connectivity index (χ4n) is 4.72. The van der Waals surface area contributed by atoms with Gasteiger partial charge in [0.1, 0.15) is 5.75 Å². The molecule has 210 valence electrons. The predicted octanol–water partition coefficient (Wildman–Crippen LogP) is 6.50. The van der Waals surface area contributed by atoms with Crippen molar-refractivity contribution in [2.45, 2.75) is 51.7 Å². The van der Waals surface area contributed by atoms with Crippen molar-refractivity contribution in [2.75, 3.05) is 19.8 Å². The lowest BCUT2D eigenvalue weighted by Crippen LogP contribution is -2.48. The number of amides is 1. The molecule has 4 rings (SSSR count). The molecule has 2 atom stereocenters. The molecule has 0 unspecified atom stereocenters. The Labute approximate surface area is 237 Å². The Morgan fingerprint density at radius 1 is 1.02 bits per heavy atom. The van der Waals surface area contributed by atoms with Gasteiger partial charge in [0.25, 0.3) is 5.91 Å². The molecule has 0 saturated carbocycles. The molecule has 0 spiro atoms. The molecular formula is C34H40N2O4. The zero-order chi connectivity index (χ0) is 28.6. The first-order chi connectivity index (χ1) is 19.3. The summed E-state index contributed by atoms with van der Waals surface area (Å²) >= 11 is 0. The van der Waals surface area contributed by atoms with Crippen LogP contribution in [-0.2, 0) is 9.53 Å². The molecule has 0 saturated heterocycles. The van der Waals surface area contributed by atoms with Gasteiger partial charge in [-0.25, -0.2) is 4.99 Å². The number of hydrogen-bond donors (Lipinski definition) is 2. The van der Waals surface area contributed by atoms with E-state index in [2.05, 4.69) is 56.9 Å². The third-order valence-corrected chi connectivity index (χ3v) is 6.97. The maximum absolute atomic E-state index is 13.9. The molecule has 1 amide bonds. The minimum absolute atomic E-state index is 0.0830. The summed E-state index contributed by atoms with van der Waals surface area (Å²) in [7, 11) is 0. The maximum atomic E-state index is 13.9. The number of rotatable bonds is 12.